The summed E-state index contributed by atoms with van der Waals surface area (Å²) in [7, 11) is 0. The molecule has 0 fully saturated rings. The minimum atomic E-state index is 0.263. The van der Waals surface area contributed by atoms with Gasteiger partial charge in [-0.3, -0.25) is 0 Å². The standard InChI is InChI=1S/C26H40N2/c1-19-11-9-17-25(5,6)23(19)15-13-21(3)27-28-22(4)14-16-24-20(2)12-10-18-26(24,7)8/h13-16H,9-12,17-18H2,1-8H3/b15-13-,16-14-,27-21-,28-22+. The minimum absolute atomic E-state index is 0.263. The third-order valence-corrected chi connectivity index (χ3v) is 6.43. The third-order valence-electron chi connectivity index (χ3n) is 6.43. The fraction of sp³-hybridized carbons (Fsp3) is 0.615. The van der Waals surface area contributed by atoms with Crippen LogP contribution in [0.1, 0.15) is 93.9 Å². The first kappa shape index (κ1) is 22.6. The van der Waals surface area contributed by atoms with Gasteiger partial charge in [-0.2, -0.15) is 10.2 Å². The van der Waals surface area contributed by atoms with Gasteiger partial charge in [0.15, 0.2) is 0 Å². The molecule has 2 aliphatic rings. The first-order valence-electron chi connectivity index (χ1n) is 10.9. The van der Waals surface area contributed by atoms with Crippen LogP contribution in [0.4, 0.5) is 0 Å². The second-order valence-corrected chi connectivity index (χ2v) is 10.0. The molecule has 0 aromatic heterocycles. The molecule has 0 bridgehead atoms. The summed E-state index contributed by atoms with van der Waals surface area (Å²) in [5.74, 6) is 0. The molecule has 0 spiro atoms. The van der Waals surface area contributed by atoms with Crippen LogP contribution in [0.3, 0.4) is 0 Å². The Kier molecular flexibility index (Phi) is 7.42. The van der Waals surface area contributed by atoms with Gasteiger partial charge in [0.1, 0.15) is 0 Å². The van der Waals surface area contributed by atoms with Gasteiger partial charge in [0.2, 0.25) is 0 Å². The fourth-order valence-corrected chi connectivity index (χ4v) is 4.65. The predicted octanol–water partition coefficient (Wildman–Crippen LogP) is 7.99. The number of allylic oxidation sites excluding steroid dienone is 8. The highest BCUT2D eigenvalue weighted by molar-refractivity contribution is 5.96. The highest BCUT2D eigenvalue weighted by Crippen LogP contribution is 2.41. The van der Waals surface area contributed by atoms with Crippen LogP contribution in [0.5, 0.6) is 0 Å². The lowest BCUT2D eigenvalue weighted by molar-refractivity contribution is 0.376. The first-order chi connectivity index (χ1) is 13.0. The van der Waals surface area contributed by atoms with E-state index in [1.54, 1.807) is 0 Å². The van der Waals surface area contributed by atoms with Crippen molar-refractivity contribution in [1.29, 1.82) is 0 Å². The van der Waals surface area contributed by atoms with Crippen molar-refractivity contribution in [1.82, 2.24) is 0 Å². The molecular formula is C26H40N2. The number of nitrogens with zero attached hydrogens (tertiary/aromatic N) is 2. The summed E-state index contributed by atoms with van der Waals surface area (Å²) < 4.78 is 0. The van der Waals surface area contributed by atoms with Crippen molar-refractivity contribution in [3.63, 3.8) is 0 Å². The molecule has 0 saturated heterocycles. The van der Waals surface area contributed by atoms with E-state index in [-0.39, 0.29) is 10.8 Å². The van der Waals surface area contributed by atoms with Crippen molar-refractivity contribution in [2.45, 2.75) is 93.9 Å². The number of hydrogen-bond donors (Lipinski definition) is 0. The second kappa shape index (κ2) is 9.20. The van der Waals surface area contributed by atoms with E-state index in [1.165, 1.54) is 60.8 Å². The summed E-state index contributed by atoms with van der Waals surface area (Å²) in [4.78, 5) is 0. The molecule has 0 aliphatic heterocycles. The quantitative estimate of drug-likeness (QED) is 0.341. The van der Waals surface area contributed by atoms with E-state index in [0.29, 0.717) is 0 Å². The topological polar surface area (TPSA) is 24.7 Å². The van der Waals surface area contributed by atoms with E-state index in [9.17, 15) is 0 Å². The minimum Gasteiger partial charge on any atom is -0.156 e. The number of rotatable bonds is 5. The summed E-state index contributed by atoms with van der Waals surface area (Å²) >= 11 is 0. The van der Waals surface area contributed by atoms with Gasteiger partial charge < -0.3 is 0 Å². The normalized spacial score (nSPS) is 24.0. The molecule has 0 unspecified atom stereocenters. The van der Waals surface area contributed by atoms with E-state index >= 15 is 0 Å². The molecule has 0 saturated carbocycles. The highest BCUT2D eigenvalue weighted by Gasteiger charge is 2.27. The monoisotopic (exact) mass is 380 g/mol. The van der Waals surface area contributed by atoms with Gasteiger partial charge in [-0.05, 0) is 100 Å². The smallest absolute Gasteiger partial charge is 0.0599 e. The number of hydrogen-bond acceptors (Lipinski definition) is 2. The van der Waals surface area contributed by atoms with Gasteiger partial charge in [-0.15, -0.1) is 0 Å². The lowest BCUT2D eigenvalue weighted by Gasteiger charge is -2.32. The van der Waals surface area contributed by atoms with Crippen LogP contribution < -0.4 is 0 Å². The molecule has 0 aromatic rings. The summed E-state index contributed by atoms with van der Waals surface area (Å²) in [6.07, 6.45) is 16.3. The van der Waals surface area contributed by atoms with Crippen LogP contribution >= 0.6 is 0 Å². The maximum atomic E-state index is 4.43. The van der Waals surface area contributed by atoms with E-state index < -0.39 is 0 Å². The largest absolute Gasteiger partial charge is 0.156 e. The molecule has 2 rings (SSSR count). The van der Waals surface area contributed by atoms with Crippen molar-refractivity contribution in [2.75, 3.05) is 0 Å². The fourth-order valence-electron chi connectivity index (χ4n) is 4.65. The van der Waals surface area contributed by atoms with Crippen LogP contribution in [0.2, 0.25) is 0 Å². The molecule has 0 atom stereocenters. The van der Waals surface area contributed by atoms with Gasteiger partial charge in [0.05, 0.1) is 11.4 Å². The van der Waals surface area contributed by atoms with E-state index in [4.69, 9.17) is 0 Å². The van der Waals surface area contributed by atoms with E-state index in [1.807, 2.05) is 13.8 Å². The average molecular weight is 381 g/mol. The zero-order valence-corrected chi connectivity index (χ0v) is 19.4. The van der Waals surface area contributed by atoms with Crippen LogP contribution in [0.25, 0.3) is 0 Å². The zero-order chi connectivity index (χ0) is 20.9. The second-order valence-electron chi connectivity index (χ2n) is 10.0. The molecular weight excluding hydrogens is 340 g/mol. The summed E-state index contributed by atoms with van der Waals surface area (Å²) in [6.45, 7) is 18.0. The summed E-state index contributed by atoms with van der Waals surface area (Å²) in [6, 6.07) is 0. The lowest BCUT2D eigenvalue weighted by atomic mass is 9.72. The zero-order valence-electron chi connectivity index (χ0n) is 19.4. The van der Waals surface area contributed by atoms with Crippen LogP contribution in [0.15, 0.2) is 56.8 Å². The van der Waals surface area contributed by atoms with Gasteiger partial charge in [0, 0.05) is 0 Å². The van der Waals surface area contributed by atoms with Gasteiger partial charge in [0.25, 0.3) is 0 Å². The molecule has 0 aromatic carbocycles. The van der Waals surface area contributed by atoms with Crippen molar-refractivity contribution in [3.8, 4) is 0 Å². The Bertz CT molecular complexity index is 698. The van der Waals surface area contributed by atoms with E-state index in [0.717, 1.165) is 11.4 Å². The molecule has 0 radical (unpaired) electrons. The van der Waals surface area contributed by atoms with Crippen LogP contribution in [-0.2, 0) is 0 Å². The Morgan fingerprint density at radius 2 is 1.07 bits per heavy atom. The van der Waals surface area contributed by atoms with Gasteiger partial charge in [-0.25, -0.2) is 0 Å². The Labute approximate surface area is 173 Å². The van der Waals surface area contributed by atoms with Crippen molar-refractivity contribution < 1.29 is 0 Å². The Morgan fingerprint density at radius 1 is 0.714 bits per heavy atom. The highest BCUT2D eigenvalue weighted by atomic mass is 15.2. The first-order valence-corrected chi connectivity index (χ1v) is 10.9. The van der Waals surface area contributed by atoms with Crippen LogP contribution in [0, 0.1) is 10.8 Å². The molecule has 2 nitrogen and oxygen atoms in total. The van der Waals surface area contributed by atoms with Gasteiger partial charge in [-0.1, -0.05) is 51.0 Å². The predicted molar refractivity (Wildman–Crippen MR) is 125 cm³/mol. The summed E-state index contributed by atoms with van der Waals surface area (Å²) in [5.41, 5.74) is 8.39. The molecule has 0 N–H and O–H groups in total. The molecule has 28 heavy (non-hydrogen) atoms. The van der Waals surface area contributed by atoms with Crippen molar-refractivity contribution in [3.05, 3.63) is 46.6 Å². The molecule has 0 amide bonds. The molecule has 0 heterocycles. The summed E-state index contributed by atoms with van der Waals surface area (Å²) in [5, 5.41) is 8.86. The van der Waals surface area contributed by atoms with Crippen molar-refractivity contribution in [2.24, 2.45) is 21.0 Å². The maximum absolute atomic E-state index is 4.43. The van der Waals surface area contributed by atoms with Gasteiger partial charge >= 0.3 is 0 Å². The molecule has 2 aliphatic carbocycles. The molecule has 2 heteroatoms. The lowest BCUT2D eigenvalue weighted by Crippen LogP contribution is -2.19. The van der Waals surface area contributed by atoms with Crippen molar-refractivity contribution >= 4 is 11.4 Å². The Balaban J connectivity index is 2.10. The van der Waals surface area contributed by atoms with Crippen LogP contribution in [-0.4, -0.2) is 11.4 Å². The average Bonchev–Trinajstić information content (AvgIpc) is 2.58. The molecule has 154 valence electrons. The SMILES string of the molecule is CC1=C(\C=C/C(C)=N\N=C(C)\C=C/C2=C(C)CCCC2(C)C)C(C)(C)CCC1. The Morgan fingerprint density at radius 3 is 1.39 bits per heavy atom. The maximum Gasteiger partial charge on any atom is 0.0599 e. The Hall–Kier alpha value is -1.70. The van der Waals surface area contributed by atoms with E-state index in [2.05, 4.69) is 76.0 Å². The third kappa shape index (κ3) is 5.90.